The van der Waals surface area contributed by atoms with E-state index >= 15 is 0 Å². The molecule has 1 fully saturated rings. The summed E-state index contributed by atoms with van der Waals surface area (Å²) in [5.41, 5.74) is 2.40. The lowest BCUT2D eigenvalue weighted by Crippen LogP contribution is -2.28. The third-order valence-electron chi connectivity index (χ3n) is 5.80. The summed E-state index contributed by atoms with van der Waals surface area (Å²) in [6.07, 6.45) is 4.15. The van der Waals surface area contributed by atoms with Gasteiger partial charge in [0.15, 0.2) is 0 Å². The van der Waals surface area contributed by atoms with Crippen molar-refractivity contribution < 1.29 is 19.4 Å². The summed E-state index contributed by atoms with van der Waals surface area (Å²) in [7, 11) is 0. The summed E-state index contributed by atoms with van der Waals surface area (Å²) in [4.78, 5) is 11.1. The molecule has 1 heterocycles. The third-order valence-corrected chi connectivity index (χ3v) is 5.80. The van der Waals surface area contributed by atoms with E-state index in [9.17, 15) is 4.79 Å². The number of ether oxygens (including phenoxy) is 2. The number of benzene rings is 2. The van der Waals surface area contributed by atoms with Gasteiger partial charge in [-0.25, -0.2) is 0 Å². The molecule has 1 aliphatic heterocycles. The molecule has 1 N–H and O–H groups in total. The van der Waals surface area contributed by atoms with Gasteiger partial charge in [-0.15, -0.1) is 0 Å². The van der Waals surface area contributed by atoms with E-state index in [4.69, 9.17) is 14.6 Å². The van der Waals surface area contributed by atoms with E-state index in [1.54, 1.807) is 0 Å². The Morgan fingerprint density at radius 3 is 2.52 bits per heavy atom. The molecule has 0 aromatic heterocycles. The van der Waals surface area contributed by atoms with Crippen molar-refractivity contribution in [3.63, 3.8) is 0 Å². The van der Waals surface area contributed by atoms with Crippen molar-refractivity contribution in [2.75, 3.05) is 0 Å². The van der Waals surface area contributed by atoms with Gasteiger partial charge >= 0.3 is 5.97 Å². The zero-order valence-electron chi connectivity index (χ0n) is 15.6. The minimum absolute atomic E-state index is 0.0803. The van der Waals surface area contributed by atoms with Crippen LogP contribution in [0.4, 0.5) is 0 Å². The normalized spacial score (nSPS) is 27.3. The zero-order valence-corrected chi connectivity index (χ0v) is 15.6. The smallest absolute Gasteiger partial charge is 0.306 e. The minimum Gasteiger partial charge on any atom is -0.490 e. The number of aliphatic carboxylic acids is 1. The van der Waals surface area contributed by atoms with E-state index in [-0.39, 0.29) is 18.1 Å². The van der Waals surface area contributed by atoms with Crippen LogP contribution in [0, 0.1) is 11.8 Å². The molecule has 0 radical (unpaired) electrons. The SMILES string of the molecule is CC1Cc2cc(OC3CCC(C(=O)O)CC3)ccc2OC1c1ccccc1. The molecule has 27 heavy (non-hydrogen) atoms. The van der Waals surface area contributed by atoms with E-state index in [2.05, 4.69) is 37.3 Å². The van der Waals surface area contributed by atoms with Crippen molar-refractivity contribution in [3.8, 4) is 11.5 Å². The summed E-state index contributed by atoms with van der Waals surface area (Å²) >= 11 is 0. The van der Waals surface area contributed by atoms with Crippen LogP contribution >= 0.6 is 0 Å². The summed E-state index contributed by atoms with van der Waals surface area (Å²) in [6.45, 7) is 2.22. The van der Waals surface area contributed by atoms with Gasteiger partial charge in [-0.3, -0.25) is 4.79 Å². The highest BCUT2D eigenvalue weighted by Gasteiger charge is 2.29. The van der Waals surface area contributed by atoms with E-state index in [0.29, 0.717) is 18.8 Å². The maximum absolute atomic E-state index is 11.1. The first kappa shape index (κ1) is 17.9. The van der Waals surface area contributed by atoms with Crippen LogP contribution in [0.15, 0.2) is 48.5 Å². The molecule has 0 saturated heterocycles. The summed E-state index contributed by atoms with van der Waals surface area (Å²) < 4.78 is 12.4. The Labute approximate surface area is 160 Å². The quantitative estimate of drug-likeness (QED) is 0.825. The van der Waals surface area contributed by atoms with Crippen LogP contribution in [0.25, 0.3) is 0 Å². The van der Waals surface area contributed by atoms with Crippen molar-refractivity contribution in [1.82, 2.24) is 0 Å². The topological polar surface area (TPSA) is 55.8 Å². The molecule has 1 saturated carbocycles. The molecule has 0 spiro atoms. The molecule has 0 bridgehead atoms. The fourth-order valence-corrected chi connectivity index (χ4v) is 4.27. The molecule has 2 aliphatic rings. The number of carboxylic acid groups (broad SMARTS) is 1. The molecule has 142 valence electrons. The molecule has 2 atom stereocenters. The van der Waals surface area contributed by atoms with Gasteiger partial charge in [0.05, 0.1) is 12.0 Å². The Morgan fingerprint density at radius 1 is 1.07 bits per heavy atom. The number of fused-ring (bicyclic) bond motifs is 1. The molecule has 1 aliphatic carbocycles. The molecular formula is C23H26O4. The van der Waals surface area contributed by atoms with Gasteiger partial charge in [-0.2, -0.15) is 0 Å². The molecule has 0 amide bonds. The summed E-state index contributed by atoms with van der Waals surface area (Å²) in [5, 5.41) is 9.12. The maximum atomic E-state index is 11.1. The van der Waals surface area contributed by atoms with E-state index in [0.717, 1.165) is 30.8 Å². The average molecular weight is 366 g/mol. The second kappa shape index (κ2) is 7.63. The van der Waals surface area contributed by atoms with Crippen LogP contribution in [0.2, 0.25) is 0 Å². The highest BCUT2D eigenvalue weighted by Crippen LogP contribution is 2.40. The molecule has 4 rings (SSSR count). The Balaban J connectivity index is 1.43. The Morgan fingerprint density at radius 2 is 1.81 bits per heavy atom. The number of hydrogen-bond donors (Lipinski definition) is 1. The van der Waals surface area contributed by atoms with Crippen LogP contribution in [0.1, 0.15) is 49.8 Å². The standard InChI is InChI=1S/C23H26O4/c1-15-13-18-14-20(26-19-9-7-17(8-10-19)23(24)25)11-12-21(18)27-22(15)16-5-3-2-4-6-16/h2-6,11-12,14-15,17,19,22H,7-10,13H2,1H3,(H,24,25). The number of hydrogen-bond acceptors (Lipinski definition) is 3. The van der Waals surface area contributed by atoms with Gasteiger partial charge in [-0.1, -0.05) is 37.3 Å². The molecule has 2 unspecified atom stereocenters. The van der Waals surface area contributed by atoms with Crippen molar-refractivity contribution >= 4 is 5.97 Å². The Bertz CT molecular complexity index is 793. The van der Waals surface area contributed by atoms with Gasteiger partial charge in [0.2, 0.25) is 0 Å². The fourth-order valence-electron chi connectivity index (χ4n) is 4.27. The first-order valence-electron chi connectivity index (χ1n) is 9.84. The van der Waals surface area contributed by atoms with Crippen molar-refractivity contribution in [2.45, 2.75) is 51.2 Å². The van der Waals surface area contributed by atoms with Crippen molar-refractivity contribution in [1.29, 1.82) is 0 Å². The minimum atomic E-state index is -0.679. The van der Waals surface area contributed by atoms with Gasteiger partial charge in [-0.05, 0) is 61.4 Å². The molecule has 2 aromatic rings. The first-order valence-corrected chi connectivity index (χ1v) is 9.84. The lowest BCUT2D eigenvalue weighted by atomic mass is 9.87. The van der Waals surface area contributed by atoms with Crippen LogP contribution in [-0.2, 0) is 11.2 Å². The Hall–Kier alpha value is -2.49. The number of rotatable bonds is 4. The average Bonchev–Trinajstić information content (AvgIpc) is 2.68. The predicted molar refractivity (Wildman–Crippen MR) is 103 cm³/mol. The lowest BCUT2D eigenvalue weighted by Gasteiger charge is -2.32. The van der Waals surface area contributed by atoms with E-state index < -0.39 is 5.97 Å². The maximum Gasteiger partial charge on any atom is 0.306 e. The van der Waals surface area contributed by atoms with Crippen molar-refractivity contribution in [2.24, 2.45) is 11.8 Å². The van der Waals surface area contributed by atoms with Gasteiger partial charge < -0.3 is 14.6 Å². The highest BCUT2D eigenvalue weighted by molar-refractivity contribution is 5.70. The predicted octanol–water partition coefficient (Wildman–Crippen LogP) is 5.02. The second-order valence-corrected chi connectivity index (χ2v) is 7.83. The van der Waals surface area contributed by atoms with Crippen LogP contribution in [0.3, 0.4) is 0 Å². The second-order valence-electron chi connectivity index (χ2n) is 7.83. The third kappa shape index (κ3) is 3.95. The fraction of sp³-hybridized carbons (Fsp3) is 0.435. The number of carboxylic acids is 1. The summed E-state index contributed by atoms with van der Waals surface area (Å²) in [6, 6.07) is 16.5. The monoisotopic (exact) mass is 366 g/mol. The van der Waals surface area contributed by atoms with Gasteiger partial charge in [0.1, 0.15) is 17.6 Å². The molecule has 2 aromatic carbocycles. The summed E-state index contributed by atoms with van der Waals surface area (Å²) in [5.74, 6) is 1.30. The lowest BCUT2D eigenvalue weighted by molar-refractivity contribution is -0.143. The zero-order chi connectivity index (χ0) is 18.8. The molecular weight excluding hydrogens is 340 g/mol. The number of carbonyl (C=O) groups is 1. The van der Waals surface area contributed by atoms with Crippen LogP contribution in [-0.4, -0.2) is 17.2 Å². The first-order chi connectivity index (χ1) is 13.1. The van der Waals surface area contributed by atoms with Gasteiger partial charge in [0, 0.05) is 5.92 Å². The van der Waals surface area contributed by atoms with Crippen LogP contribution in [0.5, 0.6) is 11.5 Å². The molecule has 4 nitrogen and oxygen atoms in total. The van der Waals surface area contributed by atoms with E-state index in [1.165, 1.54) is 11.1 Å². The van der Waals surface area contributed by atoms with Crippen LogP contribution < -0.4 is 9.47 Å². The molecule has 4 heteroatoms. The Kier molecular flexibility index (Phi) is 5.06. The highest BCUT2D eigenvalue weighted by atomic mass is 16.5. The largest absolute Gasteiger partial charge is 0.490 e. The van der Waals surface area contributed by atoms with Gasteiger partial charge in [0.25, 0.3) is 0 Å². The van der Waals surface area contributed by atoms with Crippen molar-refractivity contribution in [3.05, 3.63) is 59.7 Å². The van der Waals surface area contributed by atoms with E-state index in [1.807, 2.05) is 18.2 Å².